The minimum absolute atomic E-state index is 0.205. The smallest absolute Gasteiger partial charge is 0.255 e. The molecule has 7 heteroatoms. The second-order valence-corrected chi connectivity index (χ2v) is 6.46. The van der Waals surface area contributed by atoms with Gasteiger partial charge in [0.1, 0.15) is 0 Å². The first-order chi connectivity index (χ1) is 12.6. The van der Waals surface area contributed by atoms with E-state index < -0.39 is 0 Å². The maximum atomic E-state index is 12.6. The number of aromatic amines is 1. The summed E-state index contributed by atoms with van der Waals surface area (Å²) in [6, 6.07) is 13.2. The van der Waals surface area contributed by atoms with Gasteiger partial charge in [-0.15, -0.1) is 0 Å². The summed E-state index contributed by atoms with van der Waals surface area (Å²) in [6.07, 6.45) is 1.53. The summed E-state index contributed by atoms with van der Waals surface area (Å²) in [5, 5.41) is 9.82. The molecule has 2 aromatic carbocycles. The van der Waals surface area contributed by atoms with Crippen molar-refractivity contribution in [2.45, 2.75) is 6.54 Å². The largest absolute Gasteiger partial charge is 0.493 e. The summed E-state index contributed by atoms with van der Waals surface area (Å²) in [7, 11) is 3.16. The first-order valence-corrected chi connectivity index (χ1v) is 8.70. The summed E-state index contributed by atoms with van der Waals surface area (Å²) in [6.45, 7) is 0.363. The molecule has 3 rings (SSSR count). The average Bonchev–Trinajstić information content (AvgIpc) is 3.15. The van der Waals surface area contributed by atoms with Crippen LogP contribution in [0, 0.1) is 0 Å². The van der Waals surface area contributed by atoms with E-state index in [2.05, 4.69) is 31.4 Å². The zero-order valence-corrected chi connectivity index (χ0v) is 16.0. The third kappa shape index (κ3) is 3.88. The molecule has 0 fully saturated rings. The van der Waals surface area contributed by atoms with Gasteiger partial charge in [-0.1, -0.05) is 34.1 Å². The van der Waals surface area contributed by atoms with Gasteiger partial charge < -0.3 is 14.8 Å². The first kappa shape index (κ1) is 18.0. The van der Waals surface area contributed by atoms with Crippen molar-refractivity contribution >= 4 is 21.8 Å². The number of benzene rings is 2. The van der Waals surface area contributed by atoms with Crippen molar-refractivity contribution in [2.75, 3.05) is 14.2 Å². The average molecular weight is 416 g/mol. The maximum Gasteiger partial charge on any atom is 0.255 e. The van der Waals surface area contributed by atoms with Crippen LogP contribution in [0.3, 0.4) is 0 Å². The number of nitrogens with one attached hydrogen (secondary N) is 2. The van der Waals surface area contributed by atoms with Gasteiger partial charge in [-0.3, -0.25) is 9.89 Å². The van der Waals surface area contributed by atoms with Gasteiger partial charge in [-0.2, -0.15) is 5.10 Å². The lowest BCUT2D eigenvalue weighted by atomic mass is 10.1. The van der Waals surface area contributed by atoms with Gasteiger partial charge in [0.2, 0.25) is 0 Å². The quantitative estimate of drug-likeness (QED) is 0.641. The molecule has 0 unspecified atom stereocenters. The van der Waals surface area contributed by atoms with Crippen molar-refractivity contribution in [2.24, 2.45) is 0 Å². The number of hydrogen-bond acceptors (Lipinski definition) is 4. The normalized spacial score (nSPS) is 10.4. The first-order valence-electron chi connectivity index (χ1n) is 7.90. The van der Waals surface area contributed by atoms with Gasteiger partial charge in [0.25, 0.3) is 5.91 Å². The summed E-state index contributed by atoms with van der Waals surface area (Å²) in [4.78, 5) is 12.6. The second kappa shape index (κ2) is 8.05. The van der Waals surface area contributed by atoms with Gasteiger partial charge in [-0.05, 0) is 29.8 Å². The molecule has 0 bridgehead atoms. The Labute approximate surface area is 159 Å². The van der Waals surface area contributed by atoms with E-state index in [1.165, 1.54) is 6.20 Å². The molecule has 134 valence electrons. The Morgan fingerprint density at radius 2 is 1.96 bits per heavy atom. The minimum atomic E-state index is -0.205. The molecule has 2 N–H and O–H groups in total. The van der Waals surface area contributed by atoms with Crippen LogP contribution in [-0.2, 0) is 6.54 Å². The molecule has 0 radical (unpaired) electrons. The predicted molar refractivity (Wildman–Crippen MR) is 102 cm³/mol. The summed E-state index contributed by atoms with van der Waals surface area (Å²) in [5.74, 6) is 1.07. The van der Waals surface area contributed by atoms with Crippen molar-refractivity contribution in [1.82, 2.24) is 15.5 Å². The van der Waals surface area contributed by atoms with Gasteiger partial charge in [-0.25, -0.2) is 0 Å². The number of nitrogens with zero attached hydrogens (tertiary/aromatic N) is 1. The van der Waals surface area contributed by atoms with Crippen molar-refractivity contribution in [3.63, 3.8) is 0 Å². The lowest BCUT2D eigenvalue weighted by Crippen LogP contribution is -2.23. The standard InChI is InChI=1S/C19H18BrN3O3/c1-25-16-7-6-12(8-17(16)26-2)10-21-19(24)15-11-22-23-18(15)13-4-3-5-14(20)9-13/h3-9,11H,10H2,1-2H3,(H,21,24)(H,22,23). The third-order valence-corrected chi connectivity index (χ3v) is 4.39. The van der Waals surface area contributed by atoms with Crippen LogP contribution < -0.4 is 14.8 Å². The Bertz CT molecular complexity index is 924. The molecule has 1 aromatic heterocycles. The highest BCUT2D eigenvalue weighted by Gasteiger charge is 2.15. The number of H-pyrrole nitrogens is 1. The molecule has 0 saturated carbocycles. The van der Waals surface area contributed by atoms with Crippen LogP contribution in [-0.4, -0.2) is 30.3 Å². The topological polar surface area (TPSA) is 76.2 Å². The Hall–Kier alpha value is -2.80. The number of hydrogen-bond donors (Lipinski definition) is 2. The molecule has 6 nitrogen and oxygen atoms in total. The summed E-state index contributed by atoms with van der Waals surface area (Å²) >= 11 is 3.44. The number of carbonyl (C=O) groups excluding carboxylic acids is 1. The highest BCUT2D eigenvalue weighted by Crippen LogP contribution is 2.28. The van der Waals surface area contributed by atoms with Crippen LogP contribution in [0.5, 0.6) is 11.5 Å². The molecule has 0 spiro atoms. The second-order valence-electron chi connectivity index (χ2n) is 5.54. The lowest BCUT2D eigenvalue weighted by Gasteiger charge is -2.10. The molecule has 0 saturated heterocycles. The fraction of sp³-hybridized carbons (Fsp3) is 0.158. The zero-order valence-electron chi connectivity index (χ0n) is 14.4. The fourth-order valence-corrected chi connectivity index (χ4v) is 2.99. The van der Waals surface area contributed by atoms with Crippen LogP contribution in [0.15, 0.2) is 53.1 Å². The number of rotatable bonds is 6. The van der Waals surface area contributed by atoms with E-state index in [1.54, 1.807) is 14.2 Å². The van der Waals surface area contributed by atoms with Gasteiger partial charge >= 0.3 is 0 Å². The Morgan fingerprint density at radius 1 is 1.15 bits per heavy atom. The SMILES string of the molecule is COc1ccc(CNC(=O)c2cn[nH]c2-c2cccc(Br)c2)cc1OC. The number of halogens is 1. The van der Waals surface area contributed by atoms with E-state index in [0.29, 0.717) is 29.3 Å². The molecule has 1 heterocycles. The fourth-order valence-electron chi connectivity index (χ4n) is 2.59. The Balaban J connectivity index is 1.75. The lowest BCUT2D eigenvalue weighted by molar-refractivity contribution is 0.0951. The molecule has 3 aromatic rings. The highest BCUT2D eigenvalue weighted by molar-refractivity contribution is 9.10. The predicted octanol–water partition coefficient (Wildman–Crippen LogP) is 3.79. The minimum Gasteiger partial charge on any atom is -0.493 e. The van der Waals surface area contributed by atoms with Gasteiger partial charge in [0, 0.05) is 16.6 Å². The van der Waals surface area contributed by atoms with Crippen molar-refractivity contribution in [3.8, 4) is 22.8 Å². The van der Waals surface area contributed by atoms with Crippen LogP contribution in [0.25, 0.3) is 11.3 Å². The van der Waals surface area contributed by atoms with Crippen LogP contribution >= 0.6 is 15.9 Å². The van der Waals surface area contributed by atoms with Gasteiger partial charge in [0.15, 0.2) is 11.5 Å². The molecule has 0 aliphatic heterocycles. The number of aromatic nitrogens is 2. The number of carbonyl (C=O) groups is 1. The van der Waals surface area contributed by atoms with E-state index in [1.807, 2.05) is 42.5 Å². The Kier molecular flexibility index (Phi) is 5.58. The molecule has 0 aliphatic rings. The molecule has 0 aliphatic carbocycles. The Morgan fingerprint density at radius 3 is 2.69 bits per heavy atom. The van der Waals surface area contributed by atoms with Crippen molar-refractivity contribution in [3.05, 3.63) is 64.3 Å². The number of ether oxygens (including phenoxy) is 2. The third-order valence-electron chi connectivity index (χ3n) is 3.90. The molecular formula is C19H18BrN3O3. The van der Waals surface area contributed by atoms with Crippen molar-refractivity contribution < 1.29 is 14.3 Å². The van der Waals surface area contributed by atoms with Crippen LogP contribution in [0.2, 0.25) is 0 Å². The molecule has 26 heavy (non-hydrogen) atoms. The van der Waals surface area contributed by atoms with Crippen LogP contribution in [0.1, 0.15) is 15.9 Å². The molecule has 1 amide bonds. The highest BCUT2D eigenvalue weighted by atomic mass is 79.9. The summed E-state index contributed by atoms with van der Waals surface area (Å²) < 4.78 is 11.4. The summed E-state index contributed by atoms with van der Waals surface area (Å²) in [5.41, 5.74) is 2.95. The molecule has 0 atom stereocenters. The van der Waals surface area contributed by atoms with E-state index in [0.717, 1.165) is 15.6 Å². The van der Waals surface area contributed by atoms with E-state index in [4.69, 9.17) is 9.47 Å². The number of methoxy groups -OCH3 is 2. The van der Waals surface area contributed by atoms with Gasteiger partial charge in [0.05, 0.1) is 31.7 Å². The van der Waals surface area contributed by atoms with Crippen LogP contribution in [0.4, 0.5) is 0 Å². The number of amides is 1. The maximum absolute atomic E-state index is 12.6. The molecular weight excluding hydrogens is 398 g/mol. The van der Waals surface area contributed by atoms with E-state index in [-0.39, 0.29) is 5.91 Å². The van der Waals surface area contributed by atoms with Crippen molar-refractivity contribution in [1.29, 1.82) is 0 Å². The van der Waals surface area contributed by atoms with E-state index >= 15 is 0 Å². The van der Waals surface area contributed by atoms with E-state index in [9.17, 15) is 4.79 Å². The monoisotopic (exact) mass is 415 g/mol. The zero-order chi connectivity index (χ0) is 18.5.